The number of carbonyl (C=O) groups is 2. The molecule has 0 aliphatic carbocycles. The molecule has 0 aliphatic heterocycles. The van der Waals surface area contributed by atoms with Crippen LogP contribution in [0.2, 0.25) is 0 Å². The lowest BCUT2D eigenvalue weighted by molar-refractivity contribution is 0.0599. The molecule has 0 aliphatic rings. The second-order valence-corrected chi connectivity index (χ2v) is 9.24. The first kappa shape index (κ1) is 23.8. The van der Waals surface area contributed by atoms with Gasteiger partial charge in [0.05, 0.1) is 7.11 Å². The molecule has 0 bridgehead atoms. The van der Waals surface area contributed by atoms with E-state index in [1.807, 2.05) is 31.2 Å². The second-order valence-electron chi connectivity index (χ2n) is 7.70. The Morgan fingerprint density at radius 1 is 0.771 bits per heavy atom. The molecule has 178 valence electrons. The van der Waals surface area contributed by atoms with Crippen molar-refractivity contribution in [1.29, 1.82) is 0 Å². The van der Waals surface area contributed by atoms with Crippen LogP contribution in [-0.4, -0.2) is 27.5 Å². The standard InChI is InChI=1S/C26H22N2O6S/c1-17-6-5-9-20(14-17)27-26(30)28-21-11-13-24(23(16-21)25(29)33-2)34-35(31,32)22-12-10-18-7-3-4-8-19(18)15-22/h3-16H,1-2H3,(H2,27,28,30). The quantitative estimate of drug-likeness (QED) is 0.279. The minimum Gasteiger partial charge on any atom is -0.465 e. The van der Waals surface area contributed by atoms with Gasteiger partial charge in [0.15, 0.2) is 5.75 Å². The average Bonchev–Trinajstić information content (AvgIpc) is 2.84. The van der Waals surface area contributed by atoms with Crippen molar-refractivity contribution in [1.82, 2.24) is 0 Å². The van der Waals surface area contributed by atoms with Crippen molar-refractivity contribution in [2.45, 2.75) is 11.8 Å². The highest BCUT2D eigenvalue weighted by Gasteiger charge is 2.23. The zero-order chi connectivity index (χ0) is 25.0. The third-order valence-electron chi connectivity index (χ3n) is 5.13. The van der Waals surface area contributed by atoms with Crippen LogP contribution in [-0.2, 0) is 14.9 Å². The molecule has 0 atom stereocenters. The van der Waals surface area contributed by atoms with E-state index in [4.69, 9.17) is 8.92 Å². The molecule has 4 aromatic carbocycles. The van der Waals surface area contributed by atoms with E-state index in [-0.39, 0.29) is 21.9 Å². The minimum atomic E-state index is -4.26. The number of aryl methyl sites for hydroxylation is 1. The third-order valence-corrected chi connectivity index (χ3v) is 6.36. The molecule has 2 N–H and O–H groups in total. The molecule has 0 heterocycles. The van der Waals surface area contributed by atoms with Crippen molar-refractivity contribution in [3.05, 3.63) is 96.1 Å². The Hall–Kier alpha value is -4.37. The van der Waals surface area contributed by atoms with Crippen molar-refractivity contribution >= 4 is 44.3 Å². The van der Waals surface area contributed by atoms with Crippen LogP contribution in [0.3, 0.4) is 0 Å². The van der Waals surface area contributed by atoms with Crippen molar-refractivity contribution < 1.29 is 26.9 Å². The summed E-state index contributed by atoms with van der Waals surface area (Å²) < 4.78 is 36.0. The highest BCUT2D eigenvalue weighted by Crippen LogP contribution is 2.28. The number of rotatable bonds is 6. The number of anilines is 2. The molecule has 4 aromatic rings. The number of esters is 1. The number of carbonyl (C=O) groups excluding carboxylic acids is 2. The molecule has 0 unspecified atom stereocenters. The molecule has 4 rings (SSSR count). The van der Waals surface area contributed by atoms with Crippen molar-refractivity contribution in [2.75, 3.05) is 17.7 Å². The van der Waals surface area contributed by atoms with Crippen LogP contribution in [0.25, 0.3) is 10.8 Å². The van der Waals surface area contributed by atoms with Gasteiger partial charge in [0.2, 0.25) is 0 Å². The maximum Gasteiger partial charge on any atom is 0.341 e. The molecule has 0 radical (unpaired) electrons. The van der Waals surface area contributed by atoms with Gasteiger partial charge in [-0.15, -0.1) is 0 Å². The molecule has 0 aromatic heterocycles. The lowest BCUT2D eigenvalue weighted by Gasteiger charge is -2.13. The maximum absolute atomic E-state index is 12.9. The van der Waals surface area contributed by atoms with Crippen LogP contribution in [0, 0.1) is 6.92 Å². The first-order chi connectivity index (χ1) is 16.7. The van der Waals surface area contributed by atoms with Gasteiger partial charge in [0.25, 0.3) is 0 Å². The summed E-state index contributed by atoms with van der Waals surface area (Å²) in [4.78, 5) is 24.7. The maximum atomic E-state index is 12.9. The van der Waals surface area contributed by atoms with E-state index in [0.29, 0.717) is 5.69 Å². The molecule has 8 nitrogen and oxygen atoms in total. The lowest BCUT2D eigenvalue weighted by Crippen LogP contribution is -2.20. The second kappa shape index (κ2) is 9.86. The Morgan fingerprint density at radius 2 is 1.49 bits per heavy atom. The van der Waals surface area contributed by atoms with Gasteiger partial charge < -0.3 is 19.6 Å². The molecule has 0 fully saturated rings. The predicted octanol–water partition coefficient (Wildman–Crippen LogP) is 5.35. The number of hydrogen-bond acceptors (Lipinski definition) is 6. The minimum absolute atomic E-state index is 0.0632. The van der Waals surface area contributed by atoms with E-state index in [9.17, 15) is 18.0 Å². The first-order valence-electron chi connectivity index (χ1n) is 10.6. The Morgan fingerprint density at radius 3 is 2.20 bits per heavy atom. The largest absolute Gasteiger partial charge is 0.465 e. The monoisotopic (exact) mass is 490 g/mol. The number of benzene rings is 4. The Labute approximate surface area is 202 Å². The van der Waals surface area contributed by atoms with Gasteiger partial charge in [-0.05, 0) is 65.7 Å². The van der Waals surface area contributed by atoms with Crippen LogP contribution < -0.4 is 14.8 Å². The van der Waals surface area contributed by atoms with E-state index in [0.717, 1.165) is 23.4 Å². The average molecular weight is 491 g/mol. The Bertz CT molecular complexity index is 1530. The fraction of sp³-hybridized carbons (Fsp3) is 0.0769. The summed E-state index contributed by atoms with van der Waals surface area (Å²) in [6, 6.07) is 22.6. The molecule has 0 spiro atoms. The summed E-state index contributed by atoms with van der Waals surface area (Å²) in [7, 11) is -3.10. The molecular weight excluding hydrogens is 468 g/mol. The molecule has 0 saturated carbocycles. The van der Waals surface area contributed by atoms with E-state index >= 15 is 0 Å². The van der Waals surface area contributed by atoms with Crippen LogP contribution in [0.1, 0.15) is 15.9 Å². The van der Waals surface area contributed by atoms with Crippen LogP contribution in [0.5, 0.6) is 5.75 Å². The fourth-order valence-corrected chi connectivity index (χ4v) is 4.44. The lowest BCUT2D eigenvalue weighted by atomic mass is 10.1. The number of hydrogen-bond donors (Lipinski definition) is 2. The molecule has 35 heavy (non-hydrogen) atoms. The predicted molar refractivity (Wildman–Crippen MR) is 133 cm³/mol. The zero-order valence-electron chi connectivity index (χ0n) is 18.9. The number of amides is 2. The molecule has 0 saturated heterocycles. The normalized spacial score (nSPS) is 11.0. The summed E-state index contributed by atoms with van der Waals surface area (Å²) in [5, 5.41) is 6.90. The number of ether oxygens (including phenoxy) is 1. The molecule has 2 amide bonds. The summed E-state index contributed by atoms with van der Waals surface area (Å²) in [6.45, 7) is 1.90. The van der Waals surface area contributed by atoms with Gasteiger partial charge in [0.1, 0.15) is 10.5 Å². The Balaban J connectivity index is 1.58. The van der Waals surface area contributed by atoms with Gasteiger partial charge in [-0.25, -0.2) is 9.59 Å². The van der Waals surface area contributed by atoms with E-state index in [1.54, 1.807) is 30.3 Å². The van der Waals surface area contributed by atoms with E-state index < -0.39 is 22.1 Å². The van der Waals surface area contributed by atoms with E-state index in [1.165, 1.54) is 30.3 Å². The van der Waals surface area contributed by atoms with Crippen LogP contribution in [0.15, 0.2) is 89.8 Å². The number of nitrogens with one attached hydrogen (secondary N) is 2. The van der Waals surface area contributed by atoms with Gasteiger partial charge in [-0.2, -0.15) is 8.42 Å². The number of methoxy groups -OCH3 is 1. The summed E-state index contributed by atoms with van der Waals surface area (Å²) >= 11 is 0. The van der Waals surface area contributed by atoms with E-state index in [2.05, 4.69) is 10.6 Å². The Kier molecular flexibility index (Phi) is 6.70. The van der Waals surface area contributed by atoms with Gasteiger partial charge in [0, 0.05) is 11.4 Å². The molecular formula is C26H22N2O6S. The highest BCUT2D eigenvalue weighted by atomic mass is 32.2. The SMILES string of the molecule is COC(=O)c1cc(NC(=O)Nc2cccc(C)c2)ccc1OS(=O)(=O)c1ccc2ccccc2c1. The summed E-state index contributed by atoms with van der Waals surface area (Å²) in [5.74, 6) is -1.05. The number of urea groups is 1. The van der Waals surface area contributed by atoms with Gasteiger partial charge in [-0.1, -0.05) is 42.5 Å². The first-order valence-corrected chi connectivity index (χ1v) is 12.0. The summed E-state index contributed by atoms with van der Waals surface area (Å²) in [5.41, 5.74) is 1.65. The van der Waals surface area contributed by atoms with Crippen LogP contribution >= 0.6 is 0 Å². The molecule has 9 heteroatoms. The van der Waals surface area contributed by atoms with Crippen molar-refractivity contribution in [3.8, 4) is 5.75 Å². The smallest absolute Gasteiger partial charge is 0.341 e. The zero-order valence-corrected chi connectivity index (χ0v) is 19.8. The highest BCUT2D eigenvalue weighted by molar-refractivity contribution is 7.87. The topological polar surface area (TPSA) is 111 Å². The van der Waals surface area contributed by atoms with Crippen LogP contribution in [0.4, 0.5) is 16.2 Å². The van der Waals surface area contributed by atoms with Gasteiger partial charge >= 0.3 is 22.1 Å². The van der Waals surface area contributed by atoms with Gasteiger partial charge in [-0.3, -0.25) is 0 Å². The van der Waals surface area contributed by atoms with Crippen molar-refractivity contribution in [2.24, 2.45) is 0 Å². The summed E-state index contributed by atoms with van der Waals surface area (Å²) in [6.07, 6.45) is 0. The fourth-order valence-electron chi connectivity index (χ4n) is 3.46. The number of fused-ring (bicyclic) bond motifs is 1. The third kappa shape index (κ3) is 5.59. The van der Waals surface area contributed by atoms with Crippen molar-refractivity contribution in [3.63, 3.8) is 0 Å².